The van der Waals surface area contributed by atoms with E-state index in [9.17, 15) is 0 Å². The zero-order chi connectivity index (χ0) is 11.0. The second-order valence-electron chi connectivity index (χ2n) is 5.09. The summed E-state index contributed by atoms with van der Waals surface area (Å²) in [6.45, 7) is 9.09. The summed E-state index contributed by atoms with van der Waals surface area (Å²) in [7, 11) is 0. The Balaban J connectivity index is 2.24. The van der Waals surface area contributed by atoms with Crippen LogP contribution in [0.2, 0.25) is 0 Å². The summed E-state index contributed by atoms with van der Waals surface area (Å²) in [5, 5.41) is 0. The topological polar surface area (TPSA) is 0 Å². The summed E-state index contributed by atoms with van der Waals surface area (Å²) in [6, 6.07) is 0. The van der Waals surface area contributed by atoms with Gasteiger partial charge in [0.15, 0.2) is 0 Å². The van der Waals surface area contributed by atoms with E-state index in [0.717, 1.165) is 6.42 Å². The number of allylic oxidation sites excluding steroid dienone is 8. The highest BCUT2D eigenvalue weighted by molar-refractivity contribution is 5.62. The molecule has 0 radical (unpaired) electrons. The maximum atomic E-state index is 2.40. The van der Waals surface area contributed by atoms with Crippen molar-refractivity contribution in [2.75, 3.05) is 0 Å². The van der Waals surface area contributed by atoms with Crippen molar-refractivity contribution in [1.29, 1.82) is 0 Å². The first-order valence-corrected chi connectivity index (χ1v) is 5.93. The van der Waals surface area contributed by atoms with Gasteiger partial charge in [-0.25, -0.2) is 0 Å². The Hall–Kier alpha value is -1.04. The van der Waals surface area contributed by atoms with Gasteiger partial charge in [-0.05, 0) is 35.0 Å². The minimum absolute atomic E-state index is 0.638. The summed E-state index contributed by atoms with van der Waals surface area (Å²) in [6.07, 6.45) is 10.5. The van der Waals surface area contributed by atoms with Crippen LogP contribution in [0.25, 0.3) is 0 Å². The molecule has 0 atom stereocenters. The van der Waals surface area contributed by atoms with Crippen molar-refractivity contribution in [1.82, 2.24) is 0 Å². The van der Waals surface area contributed by atoms with Crippen LogP contribution in [-0.2, 0) is 0 Å². The molecule has 0 bridgehead atoms. The molecule has 0 N–H and O–H groups in total. The second kappa shape index (κ2) is 3.84. The predicted molar refractivity (Wildman–Crippen MR) is 66.6 cm³/mol. The zero-order valence-electron chi connectivity index (χ0n) is 10.2. The molecule has 0 nitrogen and oxygen atoms in total. The van der Waals surface area contributed by atoms with E-state index >= 15 is 0 Å². The van der Waals surface area contributed by atoms with E-state index in [4.69, 9.17) is 0 Å². The SMILES string of the molecule is CC(C)C1=CC2=CC=C(C(C)C)C2=CC1. The number of rotatable bonds is 2. The summed E-state index contributed by atoms with van der Waals surface area (Å²) >= 11 is 0. The van der Waals surface area contributed by atoms with Crippen LogP contribution in [-0.4, -0.2) is 0 Å². The van der Waals surface area contributed by atoms with E-state index < -0.39 is 0 Å². The van der Waals surface area contributed by atoms with Crippen LogP contribution in [0.3, 0.4) is 0 Å². The van der Waals surface area contributed by atoms with Crippen molar-refractivity contribution in [3.05, 3.63) is 46.6 Å². The molecule has 0 saturated carbocycles. The predicted octanol–water partition coefficient (Wildman–Crippen LogP) is 4.42. The lowest BCUT2D eigenvalue weighted by atomic mass is 9.86. The van der Waals surface area contributed by atoms with Crippen LogP contribution in [0.4, 0.5) is 0 Å². The molecule has 0 aromatic carbocycles. The van der Waals surface area contributed by atoms with Crippen LogP contribution in [0.1, 0.15) is 34.1 Å². The lowest BCUT2D eigenvalue weighted by Gasteiger charge is -2.19. The standard InChI is InChI=1S/C15H20/c1-10(2)12-5-8-15-13(9-12)6-7-14(15)11(3)4/h6-11H,5H2,1-4H3. The van der Waals surface area contributed by atoms with Gasteiger partial charge in [0, 0.05) is 0 Å². The van der Waals surface area contributed by atoms with Gasteiger partial charge in [0.1, 0.15) is 0 Å². The molecule has 0 spiro atoms. The summed E-state index contributed by atoms with van der Waals surface area (Å²) in [5.41, 5.74) is 5.97. The van der Waals surface area contributed by atoms with E-state index in [-0.39, 0.29) is 0 Å². The molecule has 0 heterocycles. The summed E-state index contributed by atoms with van der Waals surface area (Å²) in [4.78, 5) is 0. The highest BCUT2D eigenvalue weighted by Gasteiger charge is 2.20. The van der Waals surface area contributed by atoms with Gasteiger partial charge < -0.3 is 0 Å². The molecule has 2 aliphatic rings. The third-order valence-corrected chi connectivity index (χ3v) is 3.31. The van der Waals surface area contributed by atoms with Crippen LogP contribution < -0.4 is 0 Å². The fourth-order valence-electron chi connectivity index (χ4n) is 2.27. The lowest BCUT2D eigenvalue weighted by Crippen LogP contribution is -2.03. The molecule has 80 valence electrons. The molecule has 2 rings (SSSR count). The van der Waals surface area contributed by atoms with Gasteiger partial charge in [-0.15, -0.1) is 0 Å². The summed E-state index contributed by atoms with van der Waals surface area (Å²) in [5.74, 6) is 1.31. The Morgan fingerprint density at radius 1 is 1.00 bits per heavy atom. The Kier molecular flexibility index (Phi) is 2.68. The molecule has 15 heavy (non-hydrogen) atoms. The van der Waals surface area contributed by atoms with Crippen LogP contribution in [0.15, 0.2) is 46.6 Å². The van der Waals surface area contributed by atoms with E-state index in [0.29, 0.717) is 11.8 Å². The van der Waals surface area contributed by atoms with E-state index in [1.807, 2.05) is 0 Å². The Labute approximate surface area is 93.1 Å². The molecular weight excluding hydrogens is 180 g/mol. The molecule has 0 aromatic rings. The normalized spacial score (nSPS) is 19.9. The van der Waals surface area contributed by atoms with Gasteiger partial charge in [-0.1, -0.05) is 57.6 Å². The summed E-state index contributed by atoms with van der Waals surface area (Å²) < 4.78 is 0. The minimum atomic E-state index is 0.638. The molecule has 0 amide bonds. The van der Waals surface area contributed by atoms with Crippen LogP contribution in [0.5, 0.6) is 0 Å². The van der Waals surface area contributed by atoms with E-state index in [1.165, 1.54) is 16.7 Å². The highest BCUT2D eigenvalue weighted by Crippen LogP contribution is 2.37. The van der Waals surface area contributed by atoms with Gasteiger partial charge in [0.2, 0.25) is 0 Å². The third kappa shape index (κ3) is 1.86. The number of hydrogen-bond donors (Lipinski definition) is 0. The maximum Gasteiger partial charge on any atom is -0.0124 e. The molecule has 0 unspecified atom stereocenters. The molecule has 0 fully saturated rings. The van der Waals surface area contributed by atoms with Crippen molar-refractivity contribution in [2.45, 2.75) is 34.1 Å². The van der Waals surface area contributed by atoms with E-state index in [1.54, 1.807) is 5.57 Å². The first kappa shape index (κ1) is 10.5. The van der Waals surface area contributed by atoms with Crippen molar-refractivity contribution >= 4 is 0 Å². The molecule has 0 aromatic heterocycles. The van der Waals surface area contributed by atoms with Gasteiger partial charge >= 0.3 is 0 Å². The smallest absolute Gasteiger partial charge is 0.0124 e. The van der Waals surface area contributed by atoms with E-state index in [2.05, 4.69) is 52.0 Å². The molecule has 2 aliphatic carbocycles. The Morgan fingerprint density at radius 2 is 1.73 bits per heavy atom. The number of hydrogen-bond acceptors (Lipinski definition) is 0. The highest BCUT2D eigenvalue weighted by atomic mass is 14.2. The zero-order valence-corrected chi connectivity index (χ0v) is 10.2. The fraction of sp³-hybridized carbons (Fsp3) is 0.467. The molecule has 0 heteroatoms. The second-order valence-corrected chi connectivity index (χ2v) is 5.09. The lowest BCUT2D eigenvalue weighted by molar-refractivity contribution is 0.737. The monoisotopic (exact) mass is 200 g/mol. The van der Waals surface area contributed by atoms with Gasteiger partial charge in [0.25, 0.3) is 0 Å². The van der Waals surface area contributed by atoms with Crippen molar-refractivity contribution in [2.24, 2.45) is 11.8 Å². The average Bonchev–Trinajstić information content (AvgIpc) is 2.59. The van der Waals surface area contributed by atoms with Crippen molar-refractivity contribution in [3.8, 4) is 0 Å². The first-order chi connectivity index (χ1) is 7.09. The van der Waals surface area contributed by atoms with Crippen molar-refractivity contribution in [3.63, 3.8) is 0 Å². The van der Waals surface area contributed by atoms with Gasteiger partial charge in [-0.2, -0.15) is 0 Å². The Bertz CT molecular complexity index is 384. The number of fused-ring (bicyclic) bond motifs is 1. The minimum Gasteiger partial charge on any atom is -0.0723 e. The molecule has 0 aliphatic heterocycles. The first-order valence-electron chi connectivity index (χ1n) is 5.93. The fourth-order valence-corrected chi connectivity index (χ4v) is 2.27. The van der Waals surface area contributed by atoms with Gasteiger partial charge in [0.05, 0.1) is 0 Å². The largest absolute Gasteiger partial charge is 0.0723 e. The Morgan fingerprint density at radius 3 is 2.33 bits per heavy atom. The quantitative estimate of drug-likeness (QED) is 0.619. The average molecular weight is 200 g/mol. The van der Waals surface area contributed by atoms with Gasteiger partial charge in [-0.3, -0.25) is 0 Å². The molecular formula is C15H20. The maximum absolute atomic E-state index is 2.40. The van der Waals surface area contributed by atoms with Crippen LogP contribution in [0, 0.1) is 11.8 Å². The van der Waals surface area contributed by atoms with Crippen molar-refractivity contribution < 1.29 is 0 Å². The third-order valence-electron chi connectivity index (χ3n) is 3.31. The molecule has 0 saturated heterocycles. The van der Waals surface area contributed by atoms with Crippen LogP contribution >= 0.6 is 0 Å².